The second kappa shape index (κ2) is 11.1. The van der Waals surface area contributed by atoms with Crippen LogP contribution < -0.4 is 10.5 Å². The quantitative estimate of drug-likeness (QED) is 0.771. The van der Waals surface area contributed by atoms with Crippen LogP contribution in [-0.2, 0) is 4.79 Å². The van der Waals surface area contributed by atoms with Gasteiger partial charge in [0, 0.05) is 19.0 Å². The van der Waals surface area contributed by atoms with Gasteiger partial charge in [0.05, 0.1) is 17.7 Å². The number of hydrogen-bond acceptors (Lipinski definition) is 4. The summed E-state index contributed by atoms with van der Waals surface area (Å²) in [6.45, 7) is 2.10. The van der Waals surface area contributed by atoms with Crippen molar-refractivity contribution in [2.24, 2.45) is 11.7 Å². The Kier molecular flexibility index (Phi) is 9.89. The zero-order chi connectivity index (χ0) is 16.7. The fraction of sp³-hybridized carbons (Fsp3) is 0.588. The van der Waals surface area contributed by atoms with Gasteiger partial charge < -0.3 is 15.4 Å². The predicted octanol–water partition coefficient (Wildman–Crippen LogP) is 3.46. The molecule has 0 spiro atoms. The summed E-state index contributed by atoms with van der Waals surface area (Å²) in [6.07, 6.45) is 4.82. The molecule has 0 aromatic heterocycles. The average molecular weight is 393 g/mol. The van der Waals surface area contributed by atoms with Gasteiger partial charge in [0.25, 0.3) is 0 Å². The van der Waals surface area contributed by atoms with E-state index in [-0.39, 0.29) is 24.4 Å². The van der Waals surface area contributed by atoms with E-state index in [4.69, 9.17) is 22.1 Å². The van der Waals surface area contributed by atoms with Crippen LogP contribution in [0, 0.1) is 5.92 Å². The first-order valence-electron chi connectivity index (χ1n) is 8.02. The molecule has 0 saturated carbocycles. The lowest BCUT2D eigenvalue weighted by Gasteiger charge is -2.34. The topological polar surface area (TPSA) is 55.6 Å². The van der Waals surface area contributed by atoms with Gasteiger partial charge in [-0.3, -0.25) is 4.79 Å². The maximum absolute atomic E-state index is 12.4. The van der Waals surface area contributed by atoms with Gasteiger partial charge in [-0.2, -0.15) is 11.8 Å². The molecule has 7 heteroatoms. The Bertz CT molecular complexity index is 519. The minimum Gasteiger partial charge on any atom is -0.492 e. The summed E-state index contributed by atoms with van der Waals surface area (Å²) in [4.78, 5) is 14.3. The van der Waals surface area contributed by atoms with Crippen LogP contribution in [0.1, 0.15) is 19.3 Å². The number of ether oxygens (including phenoxy) is 1. The molecule has 2 unspecified atom stereocenters. The molecule has 136 valence electrons. The number of nitrogens with zero attached hydrogens (tertiary/aromatic N) is 1. The van der Waals surface area contributed by atoms with Crippen molar-refractivity contribution in [1.29, 1.82) is 0 Å². The molecule has 1 aromatic carbocycles. The van der Waals surface area contributed by atoms with E-state index in [9.17, 15) is 4.79 Å². The highest BCUT2D eigenvalue weighted by Crippen LogP contribution is 2.25. The van der Waals surface area contributed by atoms with Crippen LogP contribution in [-0.4, -0.2) is 48.6 Å². The molecule has 0 aliphatic carbocycles. The Morgan fingerprint density at radius 2 is 2.25 bits per heavy atom. The van der Waals surface area contributed by atoms with Crippen LogP contribution in [0.4, 0.5) is 0 Å². The van der Waals surface area contributed by atoms with Crippen LogP contribution in [0.15, 0.2) is 24.3 Å². The number of rotatable bonds is 7. The third-order valence-corrected chi connectivity index (χ3v) is 5.05. The zero-order valence-corrected chi connectivity index (χ0v) is 16.3. The molecule has 1 amide bonds. The Hall–Kier alpha value is -0.620. The largest absolute Gasteiger partial charge is 0.492 e. The molecule has 1 fully saturated rings. The minimum absolute atomic E-state index is 0. The lowest BCUT2D eigenvalue weighted by molar-refractivity contribution is -0.134. The molecular weight excluding hydrogens is 367 g/mol. The van der Waals surface area contributed by atoms with E-state index in [0.717, 1.165) is 38.1 Å². The molecular formula is C17H26Cl2N2O2S. The zero-order valence-electron chi connectivity index (χ0n) is 13.9. The van der Waals surface area contributed by atoms with Gasteiger partial charge in [0.15, 0.2) is 0 Å². The molecule has 1 aliphatic heterocycles. The number of hydrogen-bond donors (Lipinski definition) is 1. The monoisotopic (exact) mass is 392 g/mol. The summed E-state index contributed by atoms with van der Waals surface area (Å²) in [5.74, 6) is 2.02. The van der Waals surface area contributed by atoms with Crippen molar-refractivity contribution < 1.29 is 9.53 Å². The molecule has 4 nitrogen and oxygen atoms in total. The third kappa shape index (κ3) is 6.36. The smallest absolute Gasteiger partial charge is 0.239 e. The number of benzene rings is 1. The SMILES string of the molecule is CSCCC(N)C(=O)N1CCCC(COc2ccccc2Cl)C1.Cl. The van der Waals surface area contributed by atoms with Crippen LogP contribution in [0.3, 0.4) is 0 Å². The van der Waals surface area contributed by atoms with Gasteiger partial charge in [0.1, 0.15) is 5.75 Å². The number of nitrogens with two attached hydrogens (primary N) is 1. The highest BCUT2D eigenvalue weighted by molar-refractivity contribution is 7.98. The fourth-order valence-corrected chi connectivity index (χ4v) is 3.45. The van der Waals surface area contributed by atoms with Crippen LogP contribution in [0.2, 0.25) is 5.02 Å². The molecule has 0 bridgehead atoms. The summed E-state index contributed by atoms with van der Waals surface area (Å²) in [5, 5.41) is 0.621. The minimum atomic E-state index is -0.384. The highest BCUT2D eigenvalue weighted by Gasteiger charge is 2.27. The molecule has 1 aliphatic rings. The molecule has 24 heavy (non-hydrogen) atoms. The van der Waals surface area contributed by atoms with E-state index < -0.39 is 0 Å². The summed E-state index contributed by atoms with van der Waals surface area (Å²) >= 11 is 7.82. The van der Waals surface area contributed by atoms with Gasteiger partial charge in [-0.1, -0.05) is 23.7 Å². The van der Waals surface area contributed by atoms with Gasteiger partial charge >= 0.3 is 0 Å². The maximum atomic E-state index is 12.4. The van der Waals surface area contributed by atoms with Crippen LogP contribution in [0.25, 0.3) is 0 Å². The Morgan fingerprint density at radius 1 is 1.50 bits per heavy atom. The van der Waals surface area contributed by atoms with Gasteiger partial charge in [-0.05, 0) is 43.4 Å². The van der Waals surface area contributed by atoms with Gasteiger partial charge in [-0.15, -0.1) is 12.4 Å². The Labute approximate surface area is 159 Å². The number of carbonyl (C=O) groups excluding carboxylic acids is 1. The second-order valence-corrected chi connectivity index (χ2v) is 7.31. The molecule has 1 aromatic rings. The molecule has 0 radical (unpaired) electrons. The number of carbonyl (C=O) groups is 1. The van der Waals surface area contributed by atoms with Gasteiger partial charge in [0.2, 0.25) is 5.91 Å². The number of halogens is 2. The van der Waals surface area contributed by atoms with Gasteiger partial charge in [-0.25, -0.2) is 0 Å². The highest BCUT2D eigenvalue weighted by atomic mass is 35.5. The number of amides is 1. The fourth-order valence-electron chi connectivity index (χ4n) is 2.77. The number of para-hydroxylation sites is 1. The van der Waals surface area contributed by atoms with Crippen LogP contribution >= 0.6 is 35.8 Å². The maximum Gasteiger partial charge on any atom is 0.239 e. The number of piperidine rings is 1. The molecule has 1 heterocycles. The molecule has 2 rings (SSSR count). The average Bonchev–Trinajstić information content (AvgIpc) is 2.58. The second-order valence-electron chi connectivity index (χ2n) is 5.92. The first kappa shape index (κ1) is 21.4. The van der Waals surface area contributed by atoms with Crippen molar-refractivity contribution in [2.75, 3.05) is 31.7 Å². The van der Waals surface area contributed by atoms with Crippen LogP contribution in [0.5, 0.6) is 5.75 Å². The first-order valence-corrected chi connectivity index (χ1v) is 9.79. The van der Waals surface area contributed by atoms with E-state index >= 15 is 0 Å². The van der Waals surface area contributed by atoms with Crippen molar-refractivity contribution in [2.45, 2.75) is 25.3 Å². The lowest BCUT2D eigenvalue weighted by Crippen LogP contribution is -2.49. The van der Waals surface area contributed by atoms with E-state index in [0.29, 0.717) is 23.3 Å². The summed E-state index contributed by atoms with van der Waals surface area (Å²) in [5.41, 5.74) is 6.01. The van der Waals surface area contributed by atoms with Crippen molar-refractivity contribution in [3.63, 3.8) is 0 Å². The standard InChI is InChI=1S/C17H25ClN2O2S.ClH/c1-23-10-8-15(19)17(21)20-9-4-5-13(11-20)12-22-16-7-3-2-6-14(16)18;/h2-3,6-7,13,15H,4-5,8-12,19H2,1H3;1H. The molecule has 2 atom stereocenters. The van der Waals surface area contributed by atoms with Crippen molar-refractivity contribution in [3.05, 3.63) is 29.3 Å². The summed E-state index contributed by atoms with van der Waals surface area (Å²) in [6, 6.07) is 7.09. The van der Waals surface area contributed by atoms with E-state index in [1.165, 1.54) is 0 Å². The summed E-state index contributed by atoms with van der Waals surface area (Å²) < 4.78 is 5.83. The summed E-state index contributed by atoms with van der Waals surface area (Å²) in [7, 11) is 0. The molecule has 2 N–H and O–H groups in total. The Morgan fingerprint density at radius 3 is 2.96 bits per heavy atom. The first-order chi connectivity index (χ1) is 11.1. The predicted molar refractivity (Wildman–Crippen MR) is 104 cm³/mol. The van der Waals surface area contributed by atoms with E-state index in [1.807, 2.05) is 35.4 Å². The third-order valence-electron chi connectivity index (χ3n) is 4.09. The molecule has 1 saturated heterocycles. The lowest BCUT2D eigenvalue weighted by atomic mass is 9.98. The van der Waals surface area contributed by atoms with Crippen molar-refractivity contribution >= 4 is 41.7 Å². The van der Waals surface area contributed by atoms with E-state index in [1.54, 1.807) is 11.8 Å². The Balaban J connectivity index is 0.00000288. The van der Waals surface area contributed by atoms with Crippen molar-refractivity contribution in [3.8, 4) is 5.75 Å². The normalized spacial score (nSPS) is 18.6. The van der Waals surface area contributed by atoms with E-state index in [2.05, 4.69) is 0 Å². The van der Waals surface area contributed by atoms with Crippen molar-refractivity contribution in [1.82, 2.24) is 4.90 Å². The number of thioether (sulfide) groups is 1. The number of likely N-dealkylation sites (tertiary alicyclic amines) is 1.